The molecule has 3 aliphatic heterocycles. The summed E-state index contributed by atoms with van der Waals surface area (Å²) in [5.74, 6) is -0.206. The van der Waals surface area contributed by atoms with Gasteiger partial charge in [-0.2, -0.15) is 0 Å². The molecule has 33 heavy (non-hydrogen) atoms. The van der Waals surface area contributed by atoms with Gasteiger partial charge in [-0.25, -0.2) is 23.0 Å². The Balaban J connectivity index is 1.57. The van der Waals surface area contributed by atoms with Crippen LogP contribution in [-0.4, -0.2) is 62.6 Å². The molecule has 0 aromatic carbocycles. The lowest BCUT2D eigenvalue weighted by Gasteiger charge is -2.40. The number of allylic oxidation sites excluding steroid dienone is 2. The van der Waals surface area contributed by atoms with Gasteiger partial charge in [0.25, 0.3) is 5.91 Å². The first kappa shape index (κ1) is 26.6. The van der Waals surface area contributed by atoms with Gasteiger partial charge in [-0.15, -0.1) is 0 Å². The number of amides is 1. The summed E-state index contributed by atoms with van der Waals surface area (Å²) in [5.41, 5.74) is 2.43. The van der Waals surface area contributed by atoms with E-state index in [0.717, 1.165) is 32.1 Å². The van der Waals surface area contributed by atoms with E-state index in [0.29, 0.717) is 32.0 Å². The van der Waals surface area contributed by atoms with Crippen molar-refractivity contribution in [2.45, 2.75) is 95.0 Å². The number of hydrogen-bond donors (Lipinski definition) is 1. The molecule has 3 fully saturated rings. The van der Waals surface area contributed by atoms with Gasteiger partial charge < -0.3 is 9.47 Å². The van der Waals surface area contributed by atoms with E-state index in [4.69, 9.17) is 14.3 Å². The first-order valence-electron chi connectivity index (χ1n) is 12.8. The third-order valence-corrected chi connectivity index (χ3v) is 9.73. The van der Waals surface area contributed by atoms with Crippen molar-refractivity contribution in [1.82, 2.24) is 9.79 Å². The van der Waals surface area contributed by atoms with Gasteiger partial charge in [0.2, 0.25) is 10.0 Å². The van der Waals surface area contributed by atoms with Gasteiger partial charge in [-0.1, -0.05) is 38.3 Å². The van der Waals surface area contributed by atoms with Crippen LogP contribution in [0.5, 0.6) is 0 Å². The molecular weight excluding hydrogens is 444 g/mol. The molecule has 8 nitrogen and oxygen atoms in total. The number of nitrogens with one attached hydrogen (secondary N) is 1. The molecule has 0 aromatic heterocycles. The number of carbonyl (C=O) groups excluding carboxylic acids is 1. The zero-order valence-corrected chi connectivity index (χ0v) is 21.0. The van der Waals surface area contributed by atoms with Crippen molar-refractivity contribution in [2.24, 2.45) is 5.92 Å². The van der Waals surface area contributed by atoms with Crippen LogP contribution in [0.25, 0.3) is 0 Å². The normalized spacial score (nSPS) is 25.3. The predicted molar refractivity (Wildman–Crippen MR) is 127 cm³/mol. The smallest absolute Gasteiger partial charge is 0.266 e. The summed E-state index contributed by atoms with van der Waals surface area (Å²) in [6, 6.07) is 0. The number of sulfonamides is 1. The van der Waals surface area contributed by atoms with E-state index < -0.39 is 27.0 Å². The number of hydrogen-bond acceptors (Lipinski definition) is 6. The fourth-order valence-electron chi connectivity index (χ4n) is 4.85. The number of hydroxylamine groups is 1. The van der Waals surface area contributed by atoms with Crippen molar-refractivity contribution in [2.75, 3.05) is 32.9 Å². The molecular formula is C24H42N2O6S. The molecule has 0 radical (unpaired) electrons. The van der Waals surface area contributed by atoms with Gasteiger partial charge in [-0.05, 0) is 44.4 Å². The minimum Gasteiger partial charge on any atom is -0.381 e. The van der Waals surface area contributed by atoms with E-state index in [1.807, 2.05) is 0 Å². The average molecular weight is 487 g/mol. The van der Waals surface area contributed by atoms with Gasteiger partial charge in [0.15, 0.2) is 11.0 Å². The fourth-order valence-corrected chi connectivity index (χ4v) is 7.00. The molecule has 1 amide bonds. The number of nitrogens with zero attached hydrogens (tertiary/aromatic N) is 1. The van der Waals surface area contributed by atoms with Crippen LogP contribution in [0.2, 0.25) is 0 Å². The minimum atomic E-state index is -3.86. The summed E-state index contributed by atoms with van der Waals surface area (Å²) in [4.78, 5) is 18.6. The van der Waals surface area contributed by atoms with Crippen LogP contribution in [0.4, 0.5) is 0 Å². The van der Waals surface area contributed by atoms with Crippen LogP contribution in [0.1, 0.15) is 84.0 Å². The molecule has 0 saturated carbocycles. The summed E-state index contributed by atoms with van der Waals surface area (Å²) in [7, 11) is -3.86. The Kier molecular flexibility index (Phi) is 10.6. The Bertz CT molecular complexity index is 721. The first-order valence-corrected chi connectivity index (χ1v) is 14.3. The molecule has 3 heterocycles. The maximum atomic E-state index is 13.7. The summed E-state index contributed by atoms with van der Waals surface area (Å²) >= 11 is 0. The number of piperidine rings is 1. The number of ether oxygens (including phenoxy) is 2. The monoisotopic (exact) mass is 486 g/mol. The van der Waals surface area contributed by atoms with Crippen LogP contribution in [0.15, 0.2) is 12.2 Å². The zero-order chi connectivity index (χ0) is 23.6. The number of rotatable bonds is 11. The maximum Gasteiger partial charge on any atom is 0.266 e. The summed E-state index contributed by atoms with van der Waals surface area (Å²) < 4.78 is 38.3. The molecule has 1 unspecified atom stereocenters. The van der Waals surface area contributed by atoms with Crippen molar-refractivity contribution < 1.29 is 27.5 Å². The van der Waals surface area contributed by atoms with E-state index in [1.54, 1.807) is 0 Å². The maximum absolute atomic E-state index is 13.7. The lowest BCUT2D eigenvalue weighted by atomic mass is 9.97. The van der Waals surface area contributed by atoms with E-state index >= 15 is 0 Å². The Hall–Kier alpha value is -1.00. The molecule has 0 aromatic rings. The second kappa shape index (κ2) is 13.2. The largest absolute Gasteiger partial charge is 0.381 e. The second-order valence-corrected chi connectivity index (χ2v) is 11.7. The Labute approximate surface area is 199 Å². The molecule has 3 aliphatic rings. The summed E-state index contributed by atoms with van der Waals surface area (Å²) in [6.07, 6.45) is 14.5. The Morgan fingerprint density at radius 3 is 2.52 bits per heavy atom. The topological polar surface area (TPSA) is 94.2 Å². The van der Waals surface area contributed by atoms with Crippen LogP contribution in [-0.2, 0) is 29.1 Å². The first-order chi connectivity index (χ1) is 16.0. The summed E-state index contributed by atoms with van der Waals surface area (Å²) in [5, 5.41) is 0. The Morgan fingerprint density at radius 2 is 1.85 bits per heavy atom. The SMILES string of the molecule is CCCCCC/C=C/C1CCN(S(=O)(=O)C2(C(=O)NOC3CCCCO3)CCOCC2)CC1. The van der Waals surface area contributed by atoms with Crippen molar-refractivity contribution in [3.63, 3.8) is 0 Å². The lowest BCUT2D eigenvalue weighted by Crippen LogP contribution is -2.61. The molecule has 0 aliphatic carbocycles. The van der Waals surface area contributed by atoms with E-state index in [-0.39, 0.29) is 26.1 Å². The zero-order valence-electron chi connectivity index (χ0n) is 20.1. The molecule has 0 spiro atoms. The Morgan fingerprint density at radius 1 is 1.09 bits per heavy atom. The number of unbranched alkanes of at least 4 members (excludes halogenated alkanes) is 4. The van der Waals surface area contributed by atoms with Crippen LogP contribution < -0.4 is 5.48 Å². The van der Waals surface area contributed by atoms with Gasteiger partial charge in [0.1, 0.15) is 0 Å². The van der Waals surface area contributed by atoms with Gasteiger partial charge in [0.05, 0.1) is 0 Å². The third kappa shape index (κ3) is 7.01. The summed E-state index contributed by atoms with van der Waals surface area (Å²) in [6.45, 7) is 4.16. The highest BCUT2D eigenvalue weighted by molar-refractivity contribution is 7.91. The molecule has 3 saturated heterocycles. The van der Waals surface area contributed by atoms with Crippen molar-refractivity contribution >= 4 is 15.9 Å². The third-order valence-electron chi connectivity index (χ3n) is 7.10. The van der Waals surface area contributed by atoms with Gasteiger partial charge >= 0.3 is 0 Å². The highest BCUT2D eigenvalue weighted by Crippen LogP contribution is 2.35. The van der Waals surface area contributed by atoms with Gasteiger partial charge in [-0.3, -0.25) is 4.79 Å². The molecule has 1 N–H and O–H groups in total. The second-order valence-electron chi connectivity index (χ2n) is 9.47. The predicted octanol–water partition coefficient (Wildman–Crippen LogP) is 3.68. The van der Waals surface area contributed by atoms with E-state index in [1.165, 1.54) is 30.0 Å². The average Bonchev–Trinajstić information content (AvgIpc) is 2.86. The molecule has 9 heteroatoms. The van der Waals surface area contributed by atoms with Crippen LogP contribution in [0, 0.1) is 5.92 Å². The van der Waals surface area contributed by atoms with E-state index in [2.05, 4.69) is 24.6 Å². The fraction of sp³-hybridized carbons (Fsp3) is 0.875. The number of carbonyl (C=O) groups is 1. The van der Waals surface area contributed by atoms with Gasteiger partial charge in [0, 0.05) is 52.2 Å². The van der Waals surface area contributed by atoms with Crippen molar-refractivity contribution in [3.8, 4) is 0 Å². The molecule has 1 atom stereocenters. The van der Waals surface area contributed by atoms with Crippen LogP contribution >= 0.6 is 0 Å². The molecule has 3 rings (SSSR count). The quantitative estimate of drug-likeness (QED) is 0.272. The highest BCUT2D eigenvalue weighted by atomic mass is 32.2. The molecule has 0 bridgehead atoms. The lowest BCUT2D eigenvalue weighted by molar-refractivity contribution is -0.202. The minimum absolute atomic E-state index is 0.133. The van der Waals surface area contributed by atoms with E-state index in [9.17, 15) is 13.2 Å². The highest BCUT2D eigenvalue weighted by Gasteiger charge is 2.54. The standard InChI is InChI=1S/C24H42N2O6S/c1-2-3-4-5-6-7-10-21-12-16-26(17-13-21)33(28,29)24(14-19-30-20-15-24)23(27)25-32-22-11-8-9-18-31-22/h7,10,21-22H,2-6,8-9,11-20H2,1H3,(H,25,27)/b10-7+. The van der Waals surface area contributed by atoms with Crippen molar-refractivity contribution in [3.05, 3.63) is 12.2 Å². The van der Waals surface area contributed by atoms with Crippen molar-refractivity contribution in [1.29, 1.82) is 0 Å². The molecule has 190 valence electrons. The van der Waals surface area contributed by atoms with Crippen LogP contribution in [0.3, 0.4) is 0 Å².